The van der Waals surface area contributed by atoms with Crippen LogP contribution in [0.4, 0.5) is 11.4 Å². The van der Waals surface area contributed by atoms with Crippen LogP contribution in [0, 0.1) is 20.8 Å². The maximum atomic E-state index is 12.3. The Kier molecular flexibility index (Phi) is 6.96. The van der Waals surface area contributed by atoms with Crippen molar-refractivity contribution < 1.29 is 19.2 Å². The smallest absolute Gasteiger partial charge is 0.279 e. The van der Waals surface area contributed by atoms with Crippen molar-refractivity contribution in [3.8, 4) is 5.75 Å². The van der Waals surface area contributed by atoms with Crippen LogP contribution in [0.1, 0.15) is 16.7 Å². The van der Waals surface area contributed by atoms with Gasteiger partial charge in [-0.2, -0.15) is 0 Å². The number of quaternary nitrogens is 1. The van der Waals surface area contributed by atoms with E-state index in [9.17, 15) is 9.59 Å². The lowest BCUT2D eigenvalue weighted by molar-refractivity contribution is -0.862. The van der Waals surface area contributed by atoms with Crippen molar-refractivity contribution in [3.05, 3.63) is 53.1 Å². The summed E-state index contributed by atoms with van der Waals surface area (Å²) >= 11 is 0. The van der Waals surface area contributed by atoms with Crippen molar-refractivity contribution >= 4 is 23.2 Å². The van der Waals surface area contributed by atoms with E-state index < -0.39 is 0 Å². The highest BCUT2D eigenvalue weighted by Gasteiger charge is 2.16. The molecule has 2 aromatic rings. The molecule has 0 saturated heterocycles. The van der Waals surface area contributed by atoms with E-state index in [1.807, 2.05) is 64.2 Å². The Balaban J connectivity index is 1.90. The van der Waals surface area contributed by atoms with E-state index in [-0.39, 0.29) is 24.9 Å². The van der Waals surface area contributed by atoms with Crippen LogP contribution in [-0.4, -0.2) is 39.1 Å². The Hall–Kier alpha value is -2.86. The standard InChI is InChI=1S/C21H27N3O3/c1-14-9-10-19(27-5)18(11-14)23-21(26)13-24(4)12-20(25)22-17-8-6-7-15(2)16(17)3/h6-11H,12-13H2,1-5H3,(H,22,25)(H,23,26)/p+1. The lowest BCUT2D eigenvalue weighted by Gasteiger charge is -2.16. The summed E-state index contributed by atoms with van der Waals surface area (Å²) in [4.78, 5) is 25.4. The van der Waals surface area contributed by atoms with Crippen LogP contribution in [-0.2, 0) is 9.59 Å². The predicted molar refractivity (Wildman–Crippen MR) is 108 cm³/mol. The Bertz CT molecular complexity index is 833. The van der Waals surface area contributed by atoms with Crippen LogP contribution in [0.3, 0.4) is 0 Å². The molecule has 144 valence electrons. The number of methoxy groups -OCH3 is 1. The number of likely N-dealkylation sites (N-methyl/N-ethyl adjacent to an activating group) is 1. The average molecular weight is 370 g/mol. The van der Waals surface area contributed by atoms with E-state index >= 15 is 0 Å². The Morgan fingerprint density at radius 2 is 1.59 bits per heavy atom. The molecule has 0 saturated carbocycles. The number of nitrogens with one attached hydrogen (secondary N) is 3. The number of carbonyl (C=O) groups is 2. The number of carbonyl (C=O) groups excluding carboxylic acids is 2. The topological polar surface area (TPSA) is 71.9 Å². The van der Waals surface area contributed by atoms with Gasteiger partial charge >= 0.3 is 0 Å². The van der Waals surface area contributed by atoms with Crippen LogP contribution < -0.4 is 20.3 Å². The third kappa shape index (κ3) is 5.82. The van der Waals surface area contributed by atoms with E-state index in [0.717, 1.165) is 27.3 Å². The van der Waals surface area contributed by atoms with Crippen LogP contribution >= 0.6 is 0 Å². The molecule has 6 heteroatoms. The van der Waals surface area contributed by atoms with Gasteiger partial charge in [-0.25, -0.2) is 0 Å². The highest BCUT2D eigenvalue weighted by Crippen LogP contribution is 2.24. The molecule has 0 heterocycles. The molecule has 3 N–H and O–H groups in total. The average Bonchev–Trinajstić information content (AvgIpc) is 2.58. The highest BCUT2D eigenvalue weighted by molar-refractivity contribution is 5.94. The molecule has 0 radical (unpaired) electrons. The van der Waals surface area contributed by atoms with Gasteiger partial charge in [0.15, 0.2) is 13.1 Å². The van der Waals surface area contributed by atoms with E-state index in [0.29, 0.717) is 11.4 Å². The molecular formula is C21H28N3O3+. The van der Waals surface area contributed by atoms with Gasteiger partial charge in [0.1, 0.15) is 5.75 Å². The van der Waals surface area contributed by atoms with Crippen LogP contribution in [0.2, 0.25) is 0 Å². The predicted octanol–water partition coefficient (Wildman–Crippen LogP) is 1.71. The molecule has 2 rings (SSSR count). The molecule has 0 aliphatic heterocycles. The first-order chi connectivity index (χ1) is 12.8. The van der Waals surface area contributed by atoms with E-state index in [1.54, 1.807) is 7.11 Å². The third-order valence-corrected chi connectivity index (χ3v) is 4.43. The molecule has 1 atom stereocenters. The Morgan fingerprint density at radius 1 is 0.963 bits per heavy atom. The van der Waals surface area contributed by atoms with Crippen molar-refractivity contribution in [2.24, 2.45) is 0 Å². The summed E-state index contributed by atoms with van der Waals surface area (Å²) in [7, 11) is 3.38. The third-order valence-electron chi connectivity index (χ3n) is 4.43. The fourth-order valence-electron chi connectivity index (χ4n) is 2.81. The monoisotopic (exact) mass is 370 g/mol. The molecule has 6 nitrogen and oxygen atoms in total. The molecular weight excluding hydrogens is 342 g/mol. The van der Waals surface area contributed by atoms with Crippen molar-refractivity contribution in [2.75, 3.05) is 37.9 Å². The minimum Gasteiger partial charge on any atom is -0.495 e. The van der Waals surface area contributed by atoms with E-state index in [4.69, 9.17) is 4.74 Å². The Morgan fingerprint density at radius 3 is 2.22 bits per heavy atom. The SMILES string of the molecule is COc1ccc(C)cc1NC(=O)C[NH+](C)CC(=O)Nc1cccc(C)c1C. The number of hydrogen-bond donors (Lipinski definition) is 3. The van der Waals surface area contributed by atoms with Gasteiger partial charge in [-0.1, -0.05) is 18.2 Å². The van der Waals surface area contributed by atoms with Crippen molar-refractivity contribution in [2.45, 2.75) is 20.8 Å². The molecule has 0 aliphatic carbocycles. The number of aryl methyl sites for hydroxylation is 2. The molecule has 2 amide bonds. The summed E-state index contributed by atoms with van der Waals surface area (Å²) in [5.41, 5.74) is 4.64. The lowest BCUT2D eigenvalue weighted by Crippen LogP contribution is -3.11. The second-order valence-electron chi connectivity index (χ2n) is 6.86. The molecule has 0 bridgehead atoms. The van der Waals surface area contributed by atoms with Crippen LogP contribution in [0.25, 0.3) is 0 Å². The van der Waals surface area contributed by atoms with E-state index in [2.05, 4.69) is 10.6 Å². The molecule has 0 fully saturated rings. The number of anilines is 2. The number of amides is 2. The summed E-state index contributed by atoms with van der Waals surface area (Å²) in [5, 5.41) is 5.78. The van der Waals surface area contributed by atoms with E-state index in [1.165, 1.54) is 0 Å². The fraction of sp³-hybridized carbons (Fsp3) is 0.333. The largest absolute Gasteiger partial charge is 0.495 e. The second kappa shape index (κ2) is 9.19. The van der Waals surface area contributed by atoms with Crippen molar-refractivity contribution in [1.29, 1.82) is 0 Å². The number of rotatable bonds is 7. The summed E-state index contributed by atoms with van der Waals surface area (Å²) in [6, 6.07) is 11.4. The fourth-order valence-corrected chi connectivity index (χ4v) is 2.81. The summed E-state index contributed by atoms with van der Waals surface area (Å²) < 4.78 is 5.27. The summed E-state index contributed by atoms with van der Waals surface area (Å²) in [5.74, 6) is 0.317. The van der Waals surface area contributed by atoms with Crippen molar-refractivity contribution in [3.63, 3.8) is 0 Å². The van der Waals surface area contributed by atoms with Crippen LogP contribution in [0.15, 0.2) is 36.4 Å². The van der Waals surface area contributed by atoms with Gasteiger partial charge in [-0.15, -0.1) is 0 Å². The molecule has 2 aromatic carbocycles. The maximum absolute atomic E-state index is 12.3. The Labute approximate surface area is 160 Å². The minimum absolute atomic E-state index is 0.123. The number of benzene rings is 2. The van der Waals surface area contributed by atoms with Crippen LogP contribution in [0.5, 0.6) is 5.75 Å². The lowest BCUT2D eigenvalue weighted by atomic mass is 10.1. The zero-order chi connectivity index (χ0) is 20.0. The minimum atomic E-state index is -0.170. The van der Waals surface area contributed by atoms with Gasteiger partial charge < -0.3 is 20.3 Å². The summed E-state index contributed by atoms with van der Waals surface area (Å²) in [6.07, 6.45) is 0. The normalized spacial score (nSPS) is 11.6. The first-order valence-electron chi connectivity index (χ1n) is 8.92. The van der Waals surface area contributed by atoms with Gasteiger partial charge in [0.25, 0.3) is 11.8 Å². The first-order valence-corrected chi connectivity index (χ1v) is 8.92. The molecule has 0 aliphatic rings. The molecule has 0 aromatic heterocycles. The molecule has 0 spiro atoms. The second-order valence-corrected chi connectivity index (χ2v) is 6.86. The maximum Gasteiger partial charge on any atom is 0.279 e. The number of hydrogen-bond acceptors (Lipinski definition) is 3. The first kappa shape index (κ1) is 20.5. The molecule has 1 unspecified atom stereocenters. The zero-order valence-corrected chi connectivity index (χ0v) is 16.6. The highest BCUT2D eigenvalue weighted by atomic mass is 16.5. The number of ether oxygens (including phenoxy) is 1. The van der Waals surface area contributed by atoms with Gasteiger partial charge in [0, 0.05) is 5.69 Å². The van der Waals surface area contributed by atoms with Crippen molar-refractivity contribution in [1.82, 2.24) is 0 Å². The van der Waals surface area contributed by atoms with Gasteiger partial charge in [-0.05, 0) is 55.7 Å². The zero-order valence-electron chi connectivity index (χ0n) is 16.6. The van der Waals surface area contributed by atoms with Gasteiger partial charge in [0.05, 0.1) is 19.8 Å². The van der Waals surface area contributed by atoms with Gasteiger partial charge in [-0.3, -0.25) is 9.59 Å². The molecule has 27 heavy (non-hydrogen) atoms. The quantitative estimate of drug-likeness (QED) is 0.695. The van der Waals surface area contributed by atoms with Gasteiger partial charge in [0.2, 0.25) is 0 Å². The summed E-state index contributed by atoms with van der Waals surface area (Å²) in [6.45, 7) is 6.31.